The monoisotopic (exact) mass is 635 g/mol. The van der Waals surface area contributed by atoms with Gasteiger partial charge in [0.1, 0.15) is 0 Å². The van der Waals surface area contributed by atoms with E-state index in [1.54, 1.807) is 5.48 Å². The van der Waals surface area contributed by atoms with Crippen molar-refractivity contribution in [1.29, 1.82) is 0 Å². The molecule has 2 amide bonds. The number of likely N-dealkylation sites (tertiary alicyclic amines) is 1. The molecule has 0 spiro atoms. The van der Waals surface area contributed by atoms with Crippen molar-refractivity contribution in [1.82, 2.24) is 15.7 Å². The van der Waals surface area contributed by atoms with Gasteiger partial charge in [-0.2, -0.15) is 0 Å². The van der Waals surface area contributed by atoms with Crippen molar-refractivity contribution >= 4 is 11.8 Å². The number of hydrogen-bond donors (Lipinski definition) is 4. The van der Waals surface area contributed by atoms with Gasteiger partial charge in [-0.25, -0.2) is 5.48 Å². The summed E-state index contributed by atoms with van der Waals surface area (Å²) >= 11 is 0. The molecule has 2 saturated heterocycles. The standard InChI is InChI=1S/C37H53N3O6/c1-36(2)19-30-20-37(3,24-36)25-40(30)22-31-18-32(28-14-12-27(23-41)13-15-28)46-35(45-31)29-16-10-26(11-17-29)21-38-33(42)8-6-4-5-7-9-34(43)39-44/h10-17,30-32,35,41,44H,4-9,18-25H2,1-3H3,(H,38,42)(H,39,43)/t30?,31-,32+,35+,37?/m1/s1. The topological polar surface area (TPSA) is 120 Å². The fraction of sp³-hybridized carbons (Fsp3) is 0.622. The van der Waals surface area contributed by atoms with Gasteiger partial charge in [0, 0.05) is 50.5 Å². The Morgan fingerprint density at radius 2 is 1.52 bits per heavy atom. The number of nitrogens with zero attached hydrogens (tertiary/aromatic N) is 1. The second kappa shape index (κ2) is 15.4. The minimum Gasteiger partial charge on any atom is -0.392 e. The van der Waals surface area contributed by atoms with Crippen LogP contribution in [0.3, 0.4) is 0 Å². The summed E-state index contributed by atoms with van der Waals surface area (Å²) in [5.41, 5.74) is 6.32. The molecule has 0 aromatic heterocycles. The summed E-state index contributed by atoms with van der Waals surface area (Å²) in [5, 5.41) is 21.1. The lowest BCUT2D eigenvalue weighted by Gasteiger charge is -2.41. The Morgan fingerprint density at radius 3 is 2.20 bits per heavy atom. The van der Waals surface area contributed by atoms with Crippen molar-refractivity contribution in [2.75, 3.05) is 13.1 Å². The number of unbranched alkanes of at least 4 members (excludes halogenated alkanes) is 3. The first kappa shape index (κ1) is 34.5. The summed E-state index contributed by atoms with van der Waals surface area (Å²) in [5.74, 6) is -0.362. The van der Waals surface area contributed by atoms with E-state index in [1.807, 2.05) is 36.4 Å². The minimum absolute atomic E-state index is 0.0117. The predicted octanol–water partition coefficient (Wildman–Crippen LogP) is 6.09. The summed E-state index contributed by atoms with van der Waals surface area (Å²) in [6.07, 6.45) is 7.87. The molecule has 3 aliphatic rings. The van der Waals surface area contributed by atoms with E-state index in [0.717, 1.165) is 61.0 Å². The highest BCUT2D eigenvalue weighted by molar-refractivity contribution is 5.75. The average molecular weight is 636 g/mol. The van der Waals surface area contributed by atoms with Gasteiger partial charge >= 0.3 is 0 Å². The zero-order chi connectivity index (χ0) is 32.7. The lowest BCUT2D eigenvalue weighted by atomic mass is 9.65. The zero-order valence-electron chi connectivity index (χ0n) is 27.8. The number of nitrogens with one attached hydrogen (secondary N) is 2. The summed E-state index contributed by atoms with van der Waals surface area (Å²) in [4.78, 5) is 26.1. The molecular weight excluding hydrogens is 582 g/mol. The second-order valence-corrected chi connectivity index (χ2v) is 15.0. The maximum Gasteiger partial charge on any atom is 0.243 e. The van der Waals surface area contributed by atoms with E-state index in [1.165, 1.54) is 19.3 Å². The summed E-state index contributed by atoms with van der Waals surface area (Å²) in [7, 11) is 0. The number of benzene rings is 2. The van der Waals surface area contributed by atoms with Gasteiger partial charge in [0.25, 0.3) is 0 Å². The summed E-state index contributed by atoms with van der Waals surface area (Å²) in [6, 6.07) is 16.8. The molecule has 0 radical (unpaired) electrons. The van der Waals surface area contributed by atoms with Crippen molar-refractivity contribution in [3.63, 3.8) is 0 Å². The molecular formula is C37H53N3O6. The SMILES string of the molecule is CC1(C)CC2CC(C)(CN2C[C@H]2C[C@@H](c3ccc(CO)cc3)O[C@@H](c3ccc(CNC(=O)CCCCCCC(=O)NO)cc3)O2)C1. The molecule has 2 bridgehead atoms. The van der Waals surface area contributed by atoms with Crippen molar-refractivity contribution < 1.29 is 29.4 Å². The Labute approximate surface area is 274 Å². The molecule has 46 heavy (non-hydrogen) atoms. The highest BCUT2D eigenvalue weighted by Crippen LogP contribution is 2.53. The highest BCUT2D eigenvalue weighted by Gasteiger charge is 2.50. The molecule has 2 aliphatic heterocycles. The van der Waals surface area contributed by atoms with Gasteiger partial charge < -0.3 is 19.9 Å². The van der Waals surface area contributed by atoms with E-state index in [2.05, 4.69) is 43.1 Å². The van der Waals surface area contributed by atoms with Crippen LogP contribution in [0.5, 0.6) is 0 Å². The highest BCUT2D eigenvalue weighted by atomic mass is 16.7. The predicted molar refractivity (Wildman–Crippen MR) is 175 cm³/mol. The van der Waals surface area contributed by atoms with Crippen LogP contribution in [0.2, 0.25) is 0 Å². The van der Waals surface area contributed by atoms with E-state index in [4.69, 9.17) is 14.7 Å². The number of ether oxygens (including phenoxy) is 2. The maximum absolute atomic E-state index is 12.4. The average Bonchev–Trinajstić information content (AvgIpc) is 3.28. The number of rotatable bonds is 14. The lowest BCUT2D eigenvalue weighted by Crippen LogP contribution is -2.42. The van der Waals surface area contributed by atoms with Crippen LogP contribution < -0.4 is 10.8 Å². The Kier molecular flexibility index (Phi) is 11.5. The molecule has 2 aromatic rings. The molecule has 9 nitrogen and oxygen atoms in total. The van der Waals surface area contributed by atoms with Crippen LogP contribution in [0.1, 0.15) is 120 Å². The molecule has 4 N–H and O–H groups in total. The van der Waals surface area contributed by atoms with Gasteiger partial charge in [-0.1, -0.05) is 82.1 Å². The smallest absolute Gasteiger partial charge is 0.243 e. The van der Waals surface area contributed by atoms with Crippen LogP contribution in [0.4, 0.5) is 0 Å². The molecule has 5 atom stereocenters. The first-order chi connectivity index (χ1) is 22.0. The number of fused-ring (bicyclic) bond motifs is 2. The summed E-state index contributed by atoms with van der Waals surface area (Å²) < 4.78 is 13.3. The van der Waals surface area contributed by atoms with E-state index >= 15 is 0 Å². The third-order valence-electron chi connectivity index (χ3n) is 10.0. The first-order valence-electron chi connectivity index (χ1n) is 17.1. The first-order valence-corrected chi connectivity index (χ1v) is 17.1. The zero-order valence-corrected chi connectivity index (χ0v) is 27.8. The Morgan fingerprint density at radius 1 is 0.870 bits per heavy atom. The van der Waals surface area contributed by atoms with E-state index in [0.29, 0.717) is 42.7 Å². The molecule has 5 rings (SSSR count). The van der Waals surface area contributed by atoms with Gasteiger partial charge in [0.05, 0.1) is 18.8 Å². The Bertz CT molecular complexity index is 1300. The van der Waals surface area contributed by atoms with Crippen LogP contribution in [0, 0.1) is 10.8 Å². The largest absolute Gasteiger partial charge is 0.392 e. The van der Waals surface area contributed by atoms with Gasteiger partial charge in [0.15, 0.2) is 6.29 Å². The normalized spacial score (nSPS) is 27.3. The molecule has 1 aliphatic carbocycles. The molecule has 2 unspecified atom stereocenters. The minimum atomic E-state index is -0.498. The van der Waals surface area contributed by atoms with Gasteiger partial charge in [0.2, 0.25) is 11.8 Å². The van der Waals surface area contributed by atoms with Crippen molar-refractivity contribution in [2.45, 2.75) is 123 Å². The molecule has 1 saturated carbocycles. The van der Waals surface area contributed by atoms with Crippen LogP contribution in [0.25, 0.3) is 0 Å². The number of carbonyl (C=O) groups is 2. The summed E-state index contributed by atoms with van der Waals surface area (Å²) in [6.45, 7) is 9.76. The molecule has 252 valence electrons. The second-order valence-electron chi connectivity index (χ2n) is 15.0. The van der Waals surface area contributed by atoms with Gasteiger partial charge in [-0.15, -0.1) is 0 Å². The van der Waals surface area contributed by atoms with Crippen LogP contribution >= 0.6 is 0 Å². The fourth-order valence-corrected chi connectivity index (χ4v) is 8.15. The third kappa shape index (κ3) is 9.38. The molecule has 2 aromatic carbocycles. The molecule has 3 fully saturated rings. The number of carbonyl (C=O) groups excluding carboxylic acids is 2. The van der Waals surface area contributed by atoms with E-state index in [9.17, 15) is 14.7 Å². The Hall–Kier alpha value is -2.82. The van der Waals surface area contributed by atoms with Crippen LogP contribution in [0.15, 0.2) is 48.5 Å². The van der Waals surface area contributed by atoms with Crippen molar-refractivity contribution in [3.05, 3.63) is 70.8 Å². The number of hydroxylamine groups is 1. The van der Waals surface area contributed by atoms with Gasteiger partial charge in [-0.05, 0) is 59.6 Å². The van der Waals surface area contributed by atoms with Gasteiger partial charge in [-0.3, -0.25) is 19.7 Å². The fourth-order valence-electron chi connectivity index (χ4n) is 8.15. The van der Waals surface area contributed by atoms with Crippen LogP contribution in [-0.2, 0) is 32.2 Å². The quantitative estimate of drug-likeness (QED) is 0.113. The van der Waals surface area contributed by atoms with E-state index in [-0.39, 0.29) is 30.6 Å². The number of amides is 2. The maximum atomic E-state index is 12.4. The van der Waals surface area contributed by atoms with Crippen LogP contribution in [-0.4, -0.2) is 52.3 Å². The Balaban J connectivity index is 1.17. The lowest BCUT2D eigenvalue weighted by molar-refractivity contribution is -0.253. The number of aliphatic hydroxyl groups excluding tert-OH is 1. The third-order valence-corrected chi connectivity index (χ3v) is 10.0. The molecule has 2 heterocycles. The van der Waals surface area contributed by atoms with E-state index < -0.39 is 6.29 Å². The van der Waals surface area contributed by atoms with Crippen molar-refractivity contribution in [2.24, 2.45) is 10.8 Å². The number of hydrogen-bond acceptors (Lipinski definition) is 7. The van der Waals surface area contributed by atoms with Crippen molar-refractivity contribution in [3.8, 4) is 0 Å². The number of aliphatic hydroxyl groups is 1. The molecule has 9 heteroatoms.